The van der Waals surface area contributed by atoms with Gasteiger partial charge in [-0.25, -0.2) is 0 Å². The molecule has 1 aliphatic heterocycles. The maximum Gasteiger partial charge on any atom is 0.126 e. The van der Waals surface area contributed by atoms with Crippen molar-refractivity contribution in [3.05, 3.63) is 28.8 Å². The molecule has 1 N–H and O–H groups in total. The zero-order valence-electron chi connectivity index (χ0n) is 11.2. The molecule has 1 aliphatic carbocycles. The molecular weight excluding hydrogens is 262 g/mol. The van der Waals surface area contributed by atoms with Gasteiger partial charge in [0, 0.05) is 30.7 Å². The number of methoxy groups -OCH3 is 1. The van der Waals surface area contributed by atoms with E-state index in [0.717, 1.165) is 41.9 Å². The van der Waals surface area contributed by atoms with E-state index in [1.165, 1.54) is 12.8 Å². The first-order chi connectivity index (χ1) is 9.29. The van der Waals surface area contributed by atoms with Crippen LogP contribution in [0.1, 0.15) is 30.9 Å². The molecule has 0 spiro atoms. The maximum absolute atomic E-state index is 6.35. The number of ether oxygens (including phenoxy) is 2. The molecule has 0 amide bonds. The van der Waals surface area contributed by atoms with Crippen molar-refractivity contribution in [3.63, 3.8) is 0 Å². The molecule has 1 aromatic carbocycles. The lowest BCUT2D eigenvalue weighted by molar-refractivity contribution is 0.0882. The highest BCUT2D eigenvalue weighted by atomic mass is 35.5. The van der Waals surface area contributed by atoms with Gasteiger partial charge < -0.3 is 14.8 Å². The van der Waals surface area contributed by atoms with Gasteiger partial charge in [0.05, 0.1) is 18.2 Å². The van der Waals surface area contributed by atoms with Crippen LogP contribution in [-0.4, -0.2) is 26.3 Å². The fraction of sp³-hybridized carbons (Fsp3) is 0.600. The summed E-state index contributed by atoms with van der Waals surface area (Å²) >= 11 is 6.35. The summed E-state index contributed by atoms with van der Waals surface area (Å²) < 4.78 is 11.4. The van der Waals surface area contributed by atoms with Crippen molar-refractivity contribution < 1.29 is 9.47 Å². The number of halogens is 1. The van der Waals surface area contributed by atoms with Gasteiger partial charge in [-0.2, -0.15) is 0 Å². The van der Waals surface area contributed by atoms with Gasteiger partial charge in [-0.15, -0.1) is 0 Å². The van der Waals surface area contributed by atoms with E-state index in [1.807, 2.05) is 18.2 Å². The average Bonchev–Trinajstić information content (AvgIpc) is 3.14. The van der Waals surface area contributed by atoms with Crippen LogP contribution in [0.25, 0.3) is 0 Å². The highest BCUT2D eigenvalue weighted by Gasteiger charge is 2.34. The van der Waals surface area contributed by atoms with Gasteiger partial charge in [0.15, 0.2) is 0 Å². The Kier molecular flexibility index (Phi) is 3.96. The van der Waals surface area contributed by atoms with E-state index in [0.29, 0.717) is 5.92 Å². The lowest BCUT2D eigenvalue weighted by Crippen LogP contribution is -2.26. The highest BCUT2D eigenvalue weighted by molar-refractivity contribution is 6.31. The molecule has 1 saturated carbocycles. The molecule has 4 heteroatoms. The van der Waals surface area contributed by atoms with Gasteiger partial charge in [0.25, 0.3) is 0 Å². The molecule has 19 heavy (non-hydrogen) atoms. The van der Waals surface area contributed by atoms with E-state index in [9.17, 15) is 0 Å². The Bertz CT molecular complexity index is 448. The van der Waals surface area contributed by atoms with Crippen molar-refractivity contribution in [1.82, 2.24) is 5.32 Å². The minimum atomic E-state index is 0.0508. The van der Waals surface area contributed by atoms with Crippen LogP contribution in [0.15, 0.2) is 18.2 Å². The van der Waals surface area contributed by atoms with Gasteiger partial charge in [-0.1, -0.05) is 17.7 Å². The molecule has 1 aromatic rings. The molecule has 0 radical (unpaired) electrons. The van der Waals surface area contributed by atoms with E-state index in [4.69, 9.17) is 21.1 Å². The van der Waals surface area contributed by atoms with E-state index in [2.05, 4.69) is 5.32 Å². The second-order valence-electron chi connectivity index (χ2n) is 5.38. The fourth-order valence-corrected chi connectivity index (χ4v) is 3.01. The minimum Gasteiger partial charge on any atom is -0.496 e. The lowest BCUT2D eigenvalue weighted by Gasteiger charge is -2.22. The summed E-state index contributed by atoms with van der Waals surface area (Å²) in [6.45, 7) is 1.81. The van der Waals surface area contributed by atoms with Crippen LogP contribution in [0.5, 0.6) is 5.75 Å². The molecular formula is C15H20ClNO2. The van der Waals surface area contributed by atoms with Crippen LogP contribution in [0.3, 0.4) is 0 Å². The van der Waals surface area contributed by atoms with Crippen molar-refractivity contribution in [1.29, 1.82) is 0 Å². The van der Waals surface area contributed by atoms with Crippen LogP contribution in [0.2, 0.25) is 5.02 Å². The Morgan fingerprint density at radius 3 is 2.95 bits per heavy atom. The van der Waals surface area contributed by atoms with Gasteiger partial charge >= 0.3 is 0 Å². The normalized spacial score (nSPS) is 26.6. The Hall–Kier alpha value is -0.770. The molecule has 1 saturated heterocycles. The Labute approximate surface area is 119 Å². The first kappa shape index (κ1) is 13.2. The fourth-order valence-electron chi connectivity index (χ4n) is 2.74. The van der Waals surface area contributed by atoms with Crippen LogP contribution in [-0.2, 0) is 4.74 Å². The summed E-state index contributed by atoms with van der Waals surface area (Å²) in [5.74, 6) is 1.31. The summed E-state index contributed by atoms with van der Waals surface area (Å²) in [5, 5.41) is 4.33. The summed E-state index contributed by atoms with van der Waals surface area (Å²) in [4.78, 5) is 0. The van der Waals surface area contributed by atoms with Gasteiger partial charge in [-0.05, 0) is 31.4 Å². The summed E-state index contributed by atoms with van der Waals surface area (Å²) in [6, 6.07) is 6.51. The monoisotopic (exact) mass is 281 g/mol. The summed E-state index contributed by atoms with van der Waals surface area (Å²) in [5.41, 5.74) is 1.01. The Balaban J connectivity index is 1.78. The summed E-state index contributed by atoms with van der Waals surface area (Å²) in [6.07, 6.45) is 3.76. The zero-order valence-corrected chi connectivity index (χ0v) is 12.0. The number of hydrogen-bond acceptors (Lipinski definition) is 3. The van der Waals surface area contributed by atoms with Crippen molar-refractivity contribution in [3.8, 4) is 5.75 Å². The first-order valence-electron chi connectivity index (χ1n) is 6.97. The molecule has 2 aliphatic rings. The zero-order chi connectivity index (χ0) is 13.2. The van der Waals surface area contributed by atoms with Gasteiger partial charge in [-0.3, -0.25) is 0 Å². The Morgan fingerprint density at radius 2 is 2.21 bits per heavy atom. The number of hydrogen-bond donors (Lipinski definition) is 1. The number of rotatable bonds is 5. The molecule has 3 rings (SSSR count). The van der Waals surface area contributed by atoms with Crippen molar-refractivity contribution in [2.24, 2.45) is 5.92 Å². The second-order valence-corrected chi connectivity index (χ2v) is 5.79. The molecule has 2 unspecified atom stereocenters. The standard InChI is InChI=1S/C15H20ClNO2/c1-18-13-4-2-3-12(16)14(13)15-10(7-8-19-15)9-17-11-5-6-11/h2-4,10-11,15,17H,5-9H2,1H3. The van der Waals surface area contributed by atoms with Crippen molar-refractivity contribution in [2.75, 3.05) is 20.3 Å². The molecule has 1 heterocycles. The van der Waals surface area contributed by atoms with Gasteiger partial charge in [0.2, 0.25) is 0 Å². The SMILES string of the molecule is COc1cccc(Cl)c1C1OCCC1CNC1CC1. The second kappa shape index (κ2) is 5.70. The molecule has 104 valence electrons. The first-order valence-corrected chi connectivity index (χ1v) is 7.34. The highest BCUT2D eigenvalue weighted by Crippen LogP contribution is 2.42. The molecule has 2 atom stereocenters. The Morgan fingerprint density at radius 1 is 1.37 bits per heavy atom. The third kappa shape index (κ3) is 2.88. The number of benzene rings is 1. The summed E-state index contributed by atoms with van der Waals surface area (Å²) in [7, 11) is 1.68. The predicted octanol–water partition coefficient (Wildman–Crippen LogP) is 3.18. The van der Waals surface area contributed by atoms with Crippen LogP contribution < -0.4 is 10.1 Å². The largest absolute Gasteiger partial charge is 0.496 e. The van der Waals surface area contributed by atoms with Gasteiger partial charge in [0.1, 0.15) is 5.75 Å². The molecule has 3 nitrogen and oxygen atoms in total. The predicted molar refractivity (Wildman–Crippen MR) is 75.8 cm³/mol. The molecule has 0 bridgehead atoms. The van der Waals surface area contributed by atoms with E-state index >= 15 is 0 Å². The van der Waals surface area contributed by atoms with E-state index in [1.54, 1.807) is 7.11 Å². The third-order valence-electron chi connectivity index (χ3n) is 3.98. The van der Waals surface area contributed by atoms with Crippen molar-refractivity contribution >= 4 is 11.6 Å². The average molecular weight is 282 g/mol. The lowest BCUT2D eigenvalue weighted by atomic mass is 9.94. The van der Waals surface area contributed by atoms with Crippen molar-refractivity contribution in [2.45, 2.75) is 31.4 Å². The van der Waals surface area contributed by atoms with E-state index in [-0.39, 0.29) is 6.10 Å². The maximum atomic E-state index is 6.35. The molecule has 0 aromatic heterocycles. The topological polar surface area (TPSA) is 30.5 Å². The smallest absolute Gasteiger partial charge is 0.126 e. The van der Waals surface area contributed by atoms with Crippen LogP contribution >= 0.6 is 11.6 Å². The molecule has 2 fully saturated rings. The third-order valence-corrected chi connectivity index (χ3v) is 4.31. The van der Waals surface area contributed by atoms with Crippen LogP contribution in [0, 0.1) is 5.92 Å². The quantitative estimate of drug-likeness (QED) is 0.899. The number of nitrogens with one attached hydrogen (secondary N) is 1. The van der Waals surface area contributed by atoms with E-state index < -0.39 is 0 Å². The van der Waals surface area contributed by atoms with Crippen LogP contribution in [0.4, 0.5) is 0 Å². The minimum absolute atomic E-state index is 0.0508.